The lowest BCUT2D eigenvalue weighted by Gasteiger charge is -2.24. The molecular formula is C10H14BrN3O3S. The SMILES string of the molecule is Cn1ncc(NC2CCCS(=O)(=O)C2)c(Br)c1=O. The van der Waals surface area contributed by atoms with Crippen molar-refractivity contribution in [2.24, 2.45) is 7.05 Å². The molecule has 0 bridgehead atoms. The van der Waals surface area contributed by atoms with Crippen molar-refractivity contribution in [3.05, 3.63) is 21.0 Å². The molecule has 0 aliphatic carbocycles. The number of hydrogen-bond acceptors (Lipinski definition) is 5. The van der Waals surface area contributed by atoms with Crippen molar-refractivity contribution in [3.63, 3.8) is 0 Å². The van der Waals surface area contributed by atoms with Crippen molar-refractivity contribution in [2.75, 3.05) is 16.8 Å². The molecular weight excluding hydrogens is 322 g/mol. The van der Waals surface area contributed by atoms with E-state index < -0.39 is 9.84 Å². The minimum absolute atomic E-state index is 0.106. The van der Waals surface area contributed by atoms with Crippen molar-refractivity contribution in [3.8, 4) is 0 Å². The van der Waals surface area contributed by atoms with Crippen LogP contribution in [0.3, 0.4) is 0 Å². The average molecular weight is 336 g/mol. The Hall–Kier alpha value is -0.890. The molecule has 2 heterocycles. The molecule has 1 aromatic heterocycles. The second-order valence-corrected chi connectivity index (χ2v) is 7.42. The van der Waals surface area contributed by atoms with E-state index in [0.29, 0.717) is 16.6 Å². The maximum atomic E-state index is 11.7. The largest absolute Gasteiger partial charge is 0.379 e. The van der Waals surface area contributed by atoms with Gasteiger partial charge in [0.1, 0.15) is 4.47 Å². The molecule has 100 valence electrons. The molecule has 2 rings (SSSR count). The van der Waals surface area contributed by atoms with E-state index in [0.717, 1.165) is 6.42 Å². The Labute approximate surface area is 113 Å². The molecule has 1 fully saturated rings. The van der Waals surface area contributed by atoms with Crippen molar-refractivity contribution in [1.82, 2.24) is 9.78 Å². The molecule has 6 nitrogen and oxygen atoms in total. The minimum atomic E-state index is -2.96. The topological polar surface area (TPSA) is 81.1 Å². The molecule has 0 aromatic carbocycles. The molecule has 1 aliphatic heterocycles. The molecule has 0 amide bonds. The van der Waals surface area contributed by atoms with Crippen molar-refractivity contribution < 1.29 is 8.42 Å². The van der Waals surface area contributed by atoms with Gasteiger partial charge < -0.3 is 5.32 Å². The molecule has 1 saturated heterocycles. The van der Waals surface area contributed by atoms with E-state index in [4.69, 9.17) is 0 Å². The second kappa shape index (κ2) is 5.00. The van der Waals surface area contributed by atoms with Gasteiger partial charge in [0.15, 0.2) is 9.84 Å². The zero-order valence-electron chi connectivity index (χ0n) is 9.89. The Morgan fingerprint density at radius 3 is 2.94 bits per heavy atom. The van der Waals surface area contributed by atoms with Gasteiger partial charge in [0, 0.05) is 13.1 Å². The molecule has 8 heteroatoms. The van der Waals surface area contributed by atoms with E-state index >= 15 is 0 Å². The van der Waals surface area contributed by atoms with Gasteiger partial charge in [-0.05, 0) is 28.8 Å². The summed E-state index contributed by atoms with van der Waals surface area (Å²) in [6.07, 6.45) is 2.95. The van der Waals surface area contributed by atoms with Gasteiger partial charge in [-0.1, -0.05) is 0 Å². The highest BCUT2D eigenvalue weighted by atomic mass is 79.9. The van der Waals surface area contributed by atoms with Crippen LogP contribution in [0.2, 0.25) is 0 Å². The van der Waals surface area contributed by atoms with Crippen LogP contribution < -0.4 is 10.9 Å². The maximum absolute atomic E-state index is 11.7. The van der Waals surface area contributed by atoms with E-state index in [1.54, 1.807) is 7.05 Å². The molecule has 0 saturated carbocycles. The van der Waals surface area contributed by atoms with Gasteiger partial charge in [-0.15, -0.1) is 0 Å². The fourth-order valence-corrected chi connectivity index (χ4v) is 4.08. The normalized spacial score (nSPS) is 22.7. The summed E-state index contributed by atoms with van der Waals surface area (Å²) in [4.78, 5) is 11.7. The molecule has 0 spiro atoms. The number of nitrogens with zero attached hydrogens (tertiary/aromatic N) is 2. The third-order valence-corrected chi connectivity index (χ3v) is 5.49. The Morgan fingerprint density at radius 2 is 2.28 bits per heavy atom. The Balaban J connectivity index is 2.20. The third-order valence-electron chi connectivity index (χ3n) is 2.90. The van der Waals surface area contributed by atoms with Gasteiger partial charge in [-0.2, -0.15) is 5.10 Å². The van der Waals surface area contributed by atoms with Crippen LogP contribution in [0.5, 0.6) is 0 Å². The predicted molar refractivity (Wildman–Crippen MR) is 72.5 cm³/mol. The first kappa shape index (κ1) is 13.5. The summed E-state index contributed by atoms with van der Waals surface area (Å²) >= 11 is 3.20. The molecule has 1 unspecified atom stereocenters. The summed E-state index contributed by atoms with van der Waals surface area (Å²) in [7, 11) is -1.41. The number of hydrogen-bond donors (Lipinski definition) is 1. The standard InChI is InChI=1S/C10H14BrN3O3S/c1-14-10(15)9(11)8(5-12-14)13-7-3-2-4-18(16,17)6-7/h5,7,13H,2-4,6H2,1H3. The van der Waals surface area contributed by atoms with Crippen molar-refractivity contribution in [2.45, 2.75) is 18.9 Å². The smallest absolute Gasteiger partial charge is 0.282 e. The number of aryl methyl sites for hydroxylation is 1. The fourth-order valence-electron chi connectivity index (χ4n) is 1.97. The van der Waals surface area contributed by atoms with Gasteiger partial charge in [-0.3, -0.25) is 4.79 Å². The summed E-state index contributed by atoms with van der Waals surface area (Å²) in [6.45, 7) is 0. The summed E-state index contributed by atoms with van der Waals surface area (Å²) < 4.78 is 24.6. The van der Waals surface area contributed by atoms with Gasteiger partial charge in [0.2, 0.25) is 0 Å². The number of aromatic nitrogens is 2. The van der Waals surface area contributed by atoms with E-state index in [1.807, 2.05) is 0 Å². The summed E-state index contributed by atoms with van der Waals surface area (Å²) in [5.41, 5.74) is 0.291. The van der Waals surface area contributed by atoms with E-state index in [2.05, 4.69) is 26.3 Å². The first-order valence-corrected chi connectivity index (χ1v) is 8.19. The van der Waals surface area contributed by atoms with Crippen LogP contribution in [0, 0.1) is 0 Å². The van der Waals surface area contributed by atoms with Gasteiger partial charge in [0.25, 0.3) is 5.56 Å². The minimum Gasteiger partial charge on any atom is -0.379 e. The summed E-state index contributed by atoms with van der Waals surface area (Å²) in [5.74, 6) is 0.357. The van der Waals surface area contributed by atoms with Gasteiger partial charge in [-0.25, -0.2) is 13.1 Å². The lowest BCUT2D eigenvalue weighted by Crippen LogP contribution is -2.35. The zero-order valence-corrected chi connectivity index (χ0v) is 12.3. The third kappa shape index (κ3) is 2.92. The van der Waals surface area contributed by atoms with Crippen LogP contribution in [-0.4, -0.2) is 35.7 Å². The van der Waals surface area contributed by atoms with Crippen LogP contribution in [-0.2, 0) is 16.9 Å². The van der Waals surface area contributed by atoms with Crippen LogP contribution in [0.25, 0.3) is 0 Å². The summed E-state index contributed by atoms with van der Waals surface area (Å²) in [6, 6.07) is -0.158. The molecule has 1 aliphatic rings. The first-order valence-electron chi connectivity index (χ1n) is 5.58. The highest BCUT2D eigenvalue weighted by Gasteiger charge is 2.25. The van der Waals surface area contributed by atoms with E-state index in [9.17, 15) is 13.2 Å². The van der Waals surface area contributed by atoms with E-state index in [1.165, 1.54) is 10.9 Å². The number of halogens is 1. The monoisotopic (exact) mass is 335 g/mol. The predicted octanol–water partition coefficient (Wildman–Crippen LogP) is 0.532. The van der Waals surface area contributed by atoms with E-state index in [-0.39, 0.29) is 23.1 Å². The molecule has 18 heavy (non-hydrogen) atoms. The Kier molecular flexibility index (Phi) is 3.76. The van der Waals surface area contributed by atoms with Crippen molar-refractivity contribution >= 4 is 31.5 Å². The van der Waals surface area contributed by atoms with Crippen LogP contribution in [0.1, 0.15) is 12.8 Å². The lowest BCUT2D eigenvalue weighted by molar-refractivity contribution is 0.561. The fraction of sp³-hybridized carbons (Fsp3) is 0.600. The molecule has 0 radical (unpaired) electrons. The van der Waals surface area contributed by atoms with Gasteiger partial charge in [0.05, 0.1) is 23.4 Å². The average Bonchev–Trinajstić information content (AvgIpc) is 2.29. The molecule has 1 N–H and O–H groups in total. The quantitative estimate of drug-likeness (QED) is 0.852. The highest BCUT2D eigenvalue weighted by Crippen LogP contribution is 2.21. The van der Waals surface area contributed by atoms with Crippen LogP contribution >= 0.6 is 15.9 Å². The van der Waals surface area contributed by atoms with Gasteiger partial charge >= 0.3 is 0 Å². The number of anilines is 1. The second-order valence-electron chi connectivity index (χ2n) is 4.40. The Bertz CT molecular complexity index is 611. The zero-order chi connectivity index (χ0) is 13.3. The Morgan fingerprint density at radius 1 is 1.56 bits per heavy atom. The van der Waals surface area contributed by atoms with Crippen LogP contribution in [0.4, 0.5) is 5.69 Å². The molecule has 1 aromatic rings. The first-order chi connectivity index (χ1) is 8.39. The number of rotatable bonds is 2. The molecule has 1 atom stereocenters. The lowest BCUT2D eigenvalue weighted by atomic mass is 10.2. The summed E-state index contributed by atoms with van der Waals surface area (Å²) in [5, 5.41) is 6.97. The number of nitrogens with one attached hydrogen (secondary N) is 1. The van der Waals surface area contributed by atoms with Crippen molar-refractivity contribution in [1.29, 1.82) is 0 Å². The highest BCUT2D eigenvalue weighted by molar-refractivity contribution is 9.10. The maximum Gasteiger partial charge on any atom is 0.282 e. The van der Waals surface area contributed by atoms with Crippen LogP contribution in [0.15, 0.2) is 15.5 Å². The number of sulfone groups is 1.